The third-order valence-electron chi connectivity index (χ3n) is 5.48. The van der Waals surface area contributed by atoms with Crippen molar-refractivity contribution in [1.29, 1.82) is 0 Å². The van der Waals surface area contributed by atoms with Crippen molar-refractivity contribution >= 4 is 27.0 Å². The second kappa shape index (κ2) is 8.88. The lowest BCUT2D eigenvalue weighted by molar-refractivity contribution is 0.208. The van der Waals surface area contributed by atoms with E-state index in [4.69, 9.17) is 0 Å². The molecule has 0 saturated carbocycles. The topological polar surface area (TPSA) is 40.6 Å². The van der Waals surface area contributed by atoms with Gasteiger partial charge in [0.05, 0.1) is 10.6 Å². The first-order valence-electron chi connectivity index (χ1n) is 10.0. The third kappa shape index (κ3) is 4.58. The number of sulfonamides is 1. The maximum Gasteiger partial charge on any atom is 0.264 e. The highest BCUT2D eigenvalue weighted by Gasteiger charge is 2.34. The molecule has 4 nitrogen and oxygen atoms in total. The van der Waals surface area contributed by atoms with E-state index in [2.05, 4.69) is 22.4 Å². The van der Waals surface area contributed by atoms with E-state index in [1.165, 1.54) is 21.3 Å². The maximum atomic E-state index is 13.6. The fraction of sp³-hybridized carbons (Fsp3) is 0.304. The van der Waals surface area contributed by atoms with Gasteiger partial charge in [-0.3, -0.25) is 9.21 Å². The van der Waals surface area contributed by atoms with Crippen LogP contribution in [-0.4, -0.2) is 32.4 Å². The minimum Gasteiger partial charge on any atom is -0.298 e. The van der Waals surface area contributed by atoms with Gasteiger partial charge in [-0.15, -0.1) is 11.3 Å². The summed E-state index contributed by atoms with van der Waals surface area (Å²) in [5, 5.41) is 2.08. The molecule has 0 aliphatic carbocycles. The SMILES string of the molecule is Cc1cccc(S(=O)(=O)N(c2ccc(F)cc2)C2CCN(Cc3cccs3)CC2)c1. The van der Waals surface area contributed by atoms with E-state index in [1.807, 2.05) is 13.0 Å². The van der Waals surface area contributed by atoms with Crippen LogP contribution in [-0.2, 0) is 16.6 Å². The van der Waals surface area contributed by atoms with E-state index in [1.54, 1.807) is 41.7 Å². The number of nitrogens with zero attached hydrogens (tertiary/aromatic N) is 2. The maximum absolute atomic E-state index is 13.6. The predicted molar refractivity (Wildman–Crippen MR) is 120 cm³/mol. The van der Waals surface area contributed by atoms with E-state index in [0.717, 1.165) is 38.0 Å². The number of likely N-dealkylation sites (tertiary alicyclic amines) is 1. The van der Waals surface area contributed by atoms with Gasteiger partial charge in [0.25, 0.3) is 10.0 Å². The Labute approximate surface area is 181 Å². The summed E-state index contributed by atoms with van der Waals surface area (Å²) in [5.74, 6) is -0.377. The summed E-state index contributed by atoms with van der Waals surface area (Å²) in [4.78, 5) is 3.95. The van der Waals surface area contributed by atoms with E-state index in [9.17, 15) is 12.8 Å². The van der Waals surface area contributed by atoms with E-state index >= 15 is 0 Å². The summed E-state index contributed by atoms with van der Waals surface area (Å²) in [6, 6.07) is 16.7. The quantitative estimate of drug-likeness (QED) is 0.534. The van der Waals surface area contributed by atoms with Crippen molar-refractivity contribution in [3.05, 3.63) is 82.3 Å². The van der Waals surface area contributed by atoms with Crippen LogP contribution in [0.3, 0.4) is 0 Å². The Bertz CT molecular complexity index is 1070. The van der Waals surface area contributed by atoms with Crippen molar-refractivity contribution in [2.75, 3.05) is 17.4 Å². The first-order valence-corrected chi connectivity index (χ1v) is 12.4. The van der Waals surface area contributed by atoms with Gasteiger partial charge in [-0.2, -0.15) is 0 Å². The van der Waals surface area contributed by atoms with Crippen LogP contribution in [0.1, 0.15) is 23.3 Å². The average Bonchev–Trinajstić information content (AvgIpc) is 3.24. The second-order valence-corrected chi connectivity index (χ2v) is 10.5. The molecule has 4 rings (SSSR count). The lowest BCUT2D eigenvalue weighted by Crippen LogP contribution is -2.47. The van der Waals surface area contributed by atoms with Gasteiger partial charge in [-0.05, 0) is 73.2 Å². The van der Waals surface area contributed by atoms with E-state index in [0.29, 0.717) is 5.69 Å². The van der Waals surface area contributed by atoms with Crippen molar-refractivity contribution < 1.29 is 12.8 Å². The lowest BCUT2D eigenvalue weighted by Gasteiger charge is -2.39. The van der Waals surface area contributed by atoms with E-state index < -0.39 is 10.0 Å². The molecule has 1 aromatic heterocycles. The number of halogens is 1. The third-order valence-corrected chi connectivity index (χ3v) is 8.21. The molecule has 0 bridgehead atoms. The molecule has 1 fully saturated rings. The standard InChI is InChI=1S/C23H25FN2O2S2/c1-18-4-2-6-23(16-18)30(27,28)26(20-9-7-19(24)8-10-20)21-11-13-25(14-12-21)17-22-5-3-15-29-22/h2-10,15-16,21H,11-14,17H2,1H3. The van der Waals surface area contributed by atoms with Gasteiger partial charge in [0, 0.05) is 30.6 Å². The molecule has 30 heavy (non-hydrogen) atoms. The van der Waals surface area contributed by atoms with Crippen LogP contribution in [0.4, 0.5) is 10.1 Å². The number of hydrogen-bond donors (Lipinski definition) is 0. The molecule has 0 atom stereocenters. The van der Waals surface area contributed by atoms with Gasteiger partial charge in [-0.25, -0.2) is 12.8 Å². The van der Waals surface area contributed by atoms with E-state index in [-0.39, 0.29) is 16.8 Å². The highest BCUT2D eigenvalue weighted by Crippen LogP contribution is 2.31. The van der Waals surface area contributed by atoms with Gasteiger partial charge in [-0.1, -0.05) is 18.2 Å². The number of anilines is 1. The summed E-state index contributed by atoms with van der Waals surface area (Å²) < 4.78 is 42.3. The van der Waals surface area contributed by atoms with Crippen molar-refractivity contribution in [2.24, 2.45) is 0 Å². The fourth-order valence-electron chi connectivity index (χ4n) is 3.96. The Morgan fingerprint density at radius 1 is 1.07 bits per heavy atom. The molecule has 2 aromatic carbocycles. The second-order valence-electron chi connectivity index (χ2n) is 7.68. The Hall–Kier alpha value is -2.22. The smallest absolute Gasteiger partial charge is 0.264 e. The van der Waals surface area contributed by atoms with Gasteiger partial charge >= 0.3 is 0 Å². The van der Waals surface area contributed by atoms with Crippen LogP contribution in [0.5, 0.6) is 0 Å². The van der Waals surface area contributed by atoms with Crippen LogP contribution in [0, 0.1) is 12.7 Å². The molecule has 0 unspecified atom stereocenters. The highest BCUT2D eigenvalue weighted by molar-refractivity contribution is 7.92. The van der Waals surface area contributed by atoms with Crippen molar-refractivity contribution in [3.8, 4) is 0 Å². The predicted octanol–water partition coefficient (Wildman–Crippen LogP) is 5.06. The summed E-state index contributed by atoms with van der Waals surface area (Å²) in [6.07, 6.45) is 1.46. The molecule has 0 spiro atoms. The zero-order chi connectivity index (χ0) is 21.1. The molecule has 1 aliphatic rings. The number of benzene rings is 2. The molecule has 3 aromatic rings. The normalized spacial score (nSPS) is 15.9. The summed E-state index contributed by atoms with van der Waals surface area (Å²) >= 11 is 1.74. The molecule has 7 heteroatoms. The van der Waals surface area contributed by atoms with Crippen LogP contribution in [0.15, 0.2) is 70.9 Å². The number of aryl methyl sites for hydroxylation is 1. The molecule has 0 amide bonds. The minimum absolute atomic E-state index is 0.166. The molecule has 1 saturated heterocycles. The zero-order valence-corrected chi connectivity index (χ0v) is 18.5. The molecular weight excluding hydrogens is 419 g/mol. The molecule has 0 radical (unpaired) electrons. The number of hydrogen-bond acceptors (Lipinski definition) is 4. The Kier molecular flexibility index (Phi) is 6.22. The number of rotatable bonds is 6. The molecular formula is C23H25FN2O2S2. The van der Waals surface area contributed by atoms with Gasteiger partial charge in [0.15, 0.2) is 0 Å². The van der Waals surface area contributed by atoms with Gasteiger partial charge in [0.1, 0.15) is 5.82 Å². The van der Waals surface area contributed by atoms with Crippen molar-refractivity contribution in [1.82, 2.24) is 4.90 Å². The Morgan fingerprint density at radius 3 is 2.43 bits per heavy atom. The van der Waals surface area contributed by atoms with Crippen molar-refractivity contribution in [3.63, 3.8) is 0 Å². The molecule has 1 aliphatic heterocycles. The summed E-state index contributed by atoms with van der Waals surface area (Å²) in [7, 11) is -3.76. The van der Waals surface area contributed by atoms with Gasteiger partial charge in [0.2, 0.25) is 0 Å². The van der Waals surface area contributed by atoms with Crippen LogP contribution >= 0.6 is 11.3 Å². The molecule has 2 heterocycles. The Morgan fingerprint density at radius 2 is 1.80 bits per heavy atom. The molecule has 158 valence electrons. The summed E-state index contributed by atoms with van der Waals surface area (Å²) in [6.45, 7) is 4.42. The highest BCUT2D eigenvalue weighted by atomic mass is 32.2. The van der Waals surface area contributed by atoms with Crippen LogP contribution < -0.4 is 4.31 Å². The fourth-order valence-corrected chi connectivity index (χ4v) is 6.52. The monoisotopic (exact) mass is 444 g/mol. The van der Waals surface area contributed by atoms with Crippen LogP contribution in [0.25, 0.3) is 0 Å². The number of thiophene rings is 1. The summed E-state index contributed by atoms with van der Waals surface area (Å²) in [5.41, 5.74) is 1.40. The Balaban J connectivity index is 1.61. The largest absolute Gasteiger partial charge is 0.298 e. The zero-order valence-electron chi connectivity index (χ0n) is 16.9. The average molecular weight is 445 g/mol. The van der Waals surface area contributed by atoms with Crippen LogP contribution in [0.2, 0.25) is 0 Å². The van der Waals surface area contributed by atoms with Gasteiger partial charge < -0.3 is 0 Å². The molecule has 0 N–H and O–H groups in total. The minimum atomic E-state index is -3.76. The lowest BCUT2D eigenvalue weighted by atomic mass is 10.0. The first-order chi connectivity index (χ1) is 14.4. The van der Waals surface area contributed by atoms with Crippen molar-refractivity contribution in [2.45, 2.75) is 37.2 Å². The number of piperidine rings is 1. The first kappa shape index (κ1) is 21.0.